The zero-order valence-electron chi connectivity index (χ0n) is 17.7. The zero-order valence-corrected chi connectivity index (χ0v) is 17.7. The van der Waals surface area contributed by atoms with Gasteiger partial charge in [-0.05, 0) is 55.0 Å². The van der Waals surface area contributed by atoms with Crippen LogP contribution in [0.25, 0.3) is 0 Å². The molecule has 7 nitrogen and oxygen atoms in total. The number of rotatable bonds is 7. The Morgan fingerprint density at radius 1 is 0.939 bits per heavy atom. The molecular formula is C25H22FN3O4. The zero-order chi connectivity index (χ0) is 23.2. The van der Waals surface area contributed by atoms with E-state index in [2.05, 4.69) is 10.6 Å². The van der Waals surface area contributed by atoms with Gasteiger partial charge in [0.25, 0.3) is 11.8 Å². The Kier molecular flexibility index (Phi) is 6.64. The molecule has 3 aromatic carbocycles. The number of hydrogen-bond acceptors (Lipinski definition) is 4. The van der Waals surface area contributed by atoms with Crippen LogP contribution in [0.3, 0.4) is 0 Å². The minimum absolute atomic E-state index is 0.0520. The van der Waals surface area contributed by atoms with Crippen LogP contribution in [-0.2, 0) is 9.59 Å². The molecule has 8 heteroatoms. The van der Waals surface area contributed by atoms with Crippen molar-refractivity contribution >= 4 is 34.8 Å². The van der Waals surface area contributed by atoms with Crippen molar-refractivity contribution in [2.45, 2.75) is 12.8 Å². The fraction of sp³-hybridized carbons (Fsp3) is 0.160. The molecule has 2 N–H and O–H groups in total. The largest absolute Gasteiger partial charge is 0.483 e. The number of ether oxygens (including phenoxy) is 1. The first-order chi connectivity index (χ1) is 16.0. The Labute approximate surface area is 190 Å². The molecule has 0 unspecified atom stereocenters. The third-order valence-corrected chi connectivity index (χ3v) is 5.15. The molecule has 0 aromatic heterocycles. The fourth-order valence-electron chi connectivity index (χ4n) is 3.52. The summed E-state index contributed by atoms with van der Waals surface area (Å²) in [5.74, 6) is -1.20. The number of carbonyl (C=O) groups excluding carboxylic acids is 3. The summed E-state index contributed by atoms with van der Waals surface area (Å²) in [4.78, 5) is 38.6. The third kappa shape index (κ3) is 5.35. The highest BCUT2D eigenvalue weighted by Gasteiger charge is 2.21. The first kappa shape index (κ1) is 22.0. The summed E-state index contributed by atoms with van der Waals surface area (Å²) in [5, 5.41) is 5.22. The van der Waals surface area contributed by atoms with Crippen molar-refractivity contribution in [3.05, 3.63) is 84.2 Å². The van der Waals surface area contributed by atoms with E-state index < -0.39 is 24.2 Å². The molecule has 1 aliphatic rings. The second-order valence-electron chi connectivity index (χ2n) is 7.46. The molecule has 0 aliphatic carbocycles. The molecule has 0 bridgehead atoms. The van der Waals surface area contributed by atoms with E-state index in [-0.39, 0.29) is 22.9 Å². The van der Waals surface area contributed by atoms with Gasteiger partial charge < -0.3 is 20.3 Å². The molecule has 1 heterocycles. The second kappa shape index (κ2) is 9.95. The van der Waals surface area contributed by atoms with Gasteiger partial charge in [-0.25, -0.2) is 4.39 Å². The van der Waals surface area contributed by atoms with Gasteiger partial charge in [-0.1, -0.05) is 24.3 Å². The van der Waals surface area contributed by atoms with Crippen LogP contribution in [0.5, 0.6) is 5.75 Å². The van der Waals surface area contributed by atoms with Gasteiger partial charge in [0.05, 0.1) is 11.3 Å². The van der Waals surface area contributed by atoms with Crippen LogP contribution in [0.4, 0.5) is 21.5 Å². The summed E-state index contributed by atoms with van der Waals surface area (Å²) in [7, 11) is 0. The lowest BCUT2D eigenvalue weighted by atomic mass is 10.1. The van der Waals surface area contributed by atoms with Gasteiger partial charge in [0, 0.05) is 24.3 Å². The highest BCUT2D eigenvalue weighted by atomic mass is 19.1. The van der Waals surface area contributed by atoms with Crippen molar-refractivity contribution in [3.63, 3.8) is 0 Å². The van der Waals surface area contributed by atoms with E-state index in [1.54, 1.807) is 59.5 Å². The average Bonchev–Trinajstić information content (AvgIpc) is 3.25. The van der Waals surface area contributed by atoms with Crippen LogP contribution in [0.2, 0.25) is 0 Å². The van der Waals surface area contributed by atoms with Crippen LogP contribution >= 0.6 is 0 Å². The summed E-state index contributed by atoms with van der Waals surface area (Å²) in [6, 6.07) is 19.4. The van der Waals surface area contributed by atoms with Crippen molar-refractivity contribution in [1.82, 2.24) is 0 Å². The fourth-order valence-corrected chi connectivity index (χ4v) is 3.52. The van der Waals surface area contributed by atoms with Crippen LogP contribution < -0.4 is 20.3 Å². The van der Waals surface area contributed by atoms with Crippen LogP contribution in [0.1, 0.15) is 23.2 Å². The molecule has 4 rings (SSSR count). The topological polar surface area (TPSA) is 87.7 Å². The van der Waals surface area contributed by atoms with Crippen molar-refractivity contribution in [3.8, 4) is 5.75 Å². The van der Waals surface area contributed by atoms with Gasteiger partial charge in [-0.3, -0.25) is 14.4 Å². The highest BCUT2D eigenvalue weighted by molar-refractivity contribution is 6.06. The van der Waals surface area contributed by atoms with E-state index in [0.29, 0.717) is 18.7 Å². The van der Waals surface area contributed by atoms with Gasteiger partial charge >= 0.3 is 0 Å². The first-order valence-electron chi connectivity index (χ1n) is 10.5. The number of nitrogens with one attached hydrogen (secondary N) is 2. The van der Waals surface area contributed by atoms with Crippen molar-refractivity contribution in [2.75, 3.05) is 28.7 Å². The predicted octanol–water partition coefficient (Wildman–Crippen LogP) is 4.22. The lowest BCUT2D eigenvalue weighted by Gasteiger charge is -2.16. The molecule has 168 valence electrons. The van der Waals surface area contributed by atoms with Crippen molar-refractivity contribution in [2.24, 2.45) is 0 Å². The van der Waals surface area contributed by atoms with Gasteiger partial charge in [0.15, 0.2) is 6.61 Å². The SMILES string of the molecule is O=C(COc1ccccc1C(=O)Nc1ccc(N2CCCC2=O)cc1)Nc1ccccc1F. The molecule has 0 saturated carbocycles. The molecule has 33 heavy (non-hydrogen) atoms. The molecule has 0 atom stereocenters. The number of para-hydroxylation sites is 2. The van der Waals surface area contributed by atoms with Crippen LogP contribution in [0, 0.1) is 5.82 Å². The van der Waals surface area contributed by atoms with Gasteiger partial charge in [-0.15, -0.1) is 0 Å². The van der Waals surface area contributed by atoms with E-state index in [9.17, 15) is 18.8 Å². The smallest absolute Gasteiger partial charge is 0.262 e. The van der Waals surface area contributed by atoms with Crippen LogP contribution in [0.15, 0.2) is 72.8 Å². The number of hydrogen-bond donors (Lipinski definition) is 2. The molecule has 0 spiro atoms. The van der Waals surface area contributed by atoms with E-state index in [0.717, 1.165) is 12.1 Å². The highest BCUT2D eigenvalue weighted by Crippen LogP contribution is 2.24. The maximum absolute atomic E-state index is 13.7. The summed E-state index contributed by atoms with van der Waals surface area (Å²) < 4.78 is 19.2. The summed E-state index contributed by atoms with van der Waals surface area (Å²) >= 11 is 0. The van der Waals surface area contributed by atoms with E-state index in [1.807, 2.05) is 0 Å². The maximum atomic E-state index is 13.7. The molecule has 3 aromatic rings. The number of benzene rings is 3. The predicted molar refractivity (Wildman–Crippen MR) is 123 cm³/mol. The summed E-state index contributed by atoms with van der Waals surface area (Å²) in [6.45, 7) is 0.303. The number of amides is 3. The molecule has 1 fully saturated rings. The van der Waals surface area contributed by atoms with E-state index >= 15 is 0 Å². The second-order valence-corrected chi connectivity index (χ2v) is 7.46. The third-order valence-electron chi connectivity index (χ3n) is 5.15. The Bertz CT molecular complexity index is 1180. The minimum atomic E-state index is -0.553. The summed E-state index contributed by atoms with van der Waals surface area (Å²) in [6.07, 6.45) is 1.39. The number of nitrogens with zero attached hydrogens (tertiary/aromatic N) is 1. The van der Waals surface area contributed by atoms with Crippen LogP contribution in [-0.4, -0.2) is 30.9 Å². The Hall–Kier alpha value is -4.20. The Morgan fingerprint density at radius 2 is 1.67 bits per heavy atom. The minimum Gasteiger partial charge on any atom is -0.483 e. The number of carbonyl (C=O) groups is 3. The normalized spacial score (nSPS) is 13.0. The number of halogens is 1. The van der Waals surface area contributed by atoms with Gasteiger partial charge in [-0.2, -0.15) is 0 Å². The Morgan fingerprint density at radius 3 is 2.39 bits per heavy atom. The lowest BCUT2D eigenvalue weighted by Crippen LogP contribution is -2.23. The maximum Gasteiger partial charge on any atom is 0.262 e. The molecule has 1 aliphatic heterocycles. The first-order valence-corrected chi connectivity index (χ1v) is 10.5. The standard InChI is InChI=1S/C25H22FN3O4/c26-20-7-2-3-8-21(20)28-23(30)16-33-22-9-4-1-6-19(22)25(32)27-17-11-13-18(14-12-17)29-15-5-10-24(29)31/h1-4,6-9,11-14H,5,10,15-16H2,(H,27,32)(H,28,30). The average molecular weight is 447 g/mol. The van der Waals surface area contributed by atoms with E-state index in [4.69, 9.17) is 4.74 Å². The van der Waals surface area contributed by atoms with Gasteiger partial charge in [0.1, 0.15) is 11.6 Å². The number of anilines is 3. The summed E-state index contributed by atoms with van der Waals surface area (Å²) in [5.41, 5.74) is 1.65. The molecule has 3 amide bonds. The van der Waals surface area contributed by atoms with Gasteiger partial charge in [0.2, 0.25) is 5.91 Å². The lowest BCUT2D eigenvalue weighted by molar-refractivity contribution is -0.118. The molecule has 1 saturated heterocycles. The monoisotopic (exact) mass is 447 g/mol. The Balaban J connectivity index is 1.38. The quantitative estimate of drug-likeness (QED) is 0.568. The van der Waals surface area contributed by atoms with E-state index in [1.165, 1.54) is 18.2 Å². The molecule has 0 radical (unpaired) electrons. The van der Waals surface area contributed by atoms with Crippen molar-refractivity contribution < 1.29 is 23.5 Å². The van der Waals surface area contributed by atoms with Crippen molar-refractivity contribution in [1.29, 1.82) is 0 Å². The molecular weight excluding hydrogens is 425 g/mol.